The second-order valence-corrected chi connectivity index (χ2v) is 8.02. The molecule has 0 amide bonds. The number of hydrogen-bond donors (Lipinski definition) is 1. The fourth-order valence-electron chi connectivity index (χ4n) is 5.95. The van der Waals surface area contributed by atoms with Gasteiger partial charge in [0.2, 0.25) is 0 Å². The third kappa shape index (κ3) is 3.06. The van der Waals surface area contributed by atoms with Gasteiger partial charge in [0.05, 0.1) is 0 Å². The molecule has 4 rings (SSSR count). The lowest BCUT2D eigenvalue weighted by atomic mass is 9.48. The van der Waals surface area contributed by atoms with Gasteiger partial charge in [0.1, 0.15) is 0 Å². The highest BCUT2D eigenvalue weighted by Crippen LogP contribution is 2.61. The normalized spacial score (nSPS) is 39.7. The Bertz CT molecular complexity index is 329. The molecule has 1 nitrogen and oxygen atoms in total. The third-order valence-electron chi connectivity index (χ3n) is 6.16. The minimum Gasteiger partial charge on any atom is -0.314 e. The summed E-state index contributed by atoms with van der Waals surface area (Å²) in [4.78, 5) is 0. The zero-order chi connectivity index (χ0) is 14.0. The van der Waals surface area contributed by atoms with E-state index < -0.39 is 0 Å². The van der Waals surface area contributed by atoms with Gasteiger partial charge in [-0.05, 0) is 87.5 Å². The molecule has 1 unspecified atom stereocenters. The Hall–Kier alpha value is -0.480. The molecule has 4 aliphatic rings. The average Bonchev–Trinajstić information content (AvgIpc) is 2.40. The van der Waals surface area contributed by atoms with Crippen molar-refractivity contribution in [1.82, 2.24) is 5.32 Å². The molecule has 0 aromatic rings. The van der Waals surface area contributed by atoms with Crippen LogP contribution in [0.1, 0.15) is 71.1 Å². The van der Waals surface area contributed by atoms with Crippen LogP contribution in [-0.4, -0.2) is 12.6 Å². The first-order valence-corrected chi connectivity index (χ1v) is 8.90. The Balaban J connectivity index is 1.63. The maximum absolute atomic E-state index is 5.49. The SMILES string of the molecule is C#CCCC(CC12CC3CC(CC(C3)C1)C2)NCCC. The molecule has 0 radical (unpaired) electrons. The largest absolute Gasteiger partial charge is 0.314 e. The van der Waals surface area contributed by atoms with Crippen LogP contribution in [0.4, 0.5) is 0 Å². The van der Waals surface area contributed by atoms with Crippen LogP contribution in [0.15, 0.2) is 0 Å². The van der Waals surface area contributed by atoms with Crippen molar-refractivity contribution in [3.8, 4) is 12.3 Å². The first-order valence-electron chi connectivity index (χ1n) is 8.90. The van der Waals surface area contributed by atoms with Gasteiger partial charge in [-0.15, -0.1) is 12.3 Å². The van der Waals surface area contributed by atoms with E-state index in [4.69, 9.17) is 6.42 Å². The Morgan fingerprint density at radius 1 is 1.15 bits per heavy atom. The number of nitrogens with one attached hydrogen (secondary N) is 1. The van der Waals surface area contributed by atoms with Gasteiger partial charge in [0, 0.05) is 12.5 Å². The smallest absolute Gasteiger partial charge is 0.0101 e. The zero-order valence-corrected chi connectivity index (χ0v) is 13.2. The summed E-state index contributed by atoms with van der Waals surface area (Å²) in [6.45, 7) is 3.41. The number of rotatable bonds is 7. The Labute approximate surface area is 125 Å². The summed E-state index contributed by atoms with van der Waals surface area (Å²) >= 11 is 0. The molecular weight excluding hydrogens is 242 g/mol. The summed E-state index contributed by atoms with van der Waals surface area (Å²) in [6, 6.07) is 0.669. The van der Waals surface area contributed by atoms with Crippen molar-refractivity contribution >= 4 is 0 Å². The maximum atomic E-state index is 5.49. The highest BCUT2D eigenvalue weighted by atomic mass is 14.9. The molecule has 0 heterocycles. The minimum atomic E-state index is 0.669. The number of terminal acetylenes is 1. The lowest BCUT2D eigenvalue weighted by molar-refractivity contribution is -0.0622. The predicted octanol–water partition coefficient (Wildman–Crippen LogP) is 4.37. The summed E-state index contributed by atoms with van der Waals surface area (Å²) < 4.78 is 0. The van der Waals surface area contributed by atoms with Crippen LogP contribution in [0, 0.1) is 35.5 Å². The molecule has 1 atom stereocenters. The highest BCUT2D eigenvalue weighted by molar-refractivity contribution is 5.03. The Kier molecular flexibility index (Phi) is 4.41. The highest BCUT2D eigenvalue weighted by Gasteiger charge is 2.51. The second kappa shape index (κ2) is 6.10. The van der Waals surface area contributed by atoms with Gasteiger partial charge in [0.15, 0.2) is 0 Å². The maximum Gasteiger partial charge on any atom is 0.0101 e. The van der Waals surface area contributed by atoms with Crippen molar-refractivity contribution in [3.63, 3.8) is 0 Å². The monoisotopic (exact) mass is 273 g/mol. The molecule has 0 aromatic heterocycles. The standard InChI is InChI=1S/C19H31N/c1-3-5-6-18(20-7-4-2)14-19-11-15-8-16(12-19)10-17(9-15)13-19/h1,15-18,20H,4-14H2,2H3. The van der Waals surface area contributed by atoms with E-state index in [1.165, 1.54) is 38.5 Å². The van der Waals surface area contributed by atoms with Crippen molar-refractivity contribution in [2.45, 2.75) is 77.2 Å². The Morgan fingerprint density at radius 3 is 2.25 bits per heavy atom. The predicted molar refractivity (Wildman–Crippen MR) is 85.4 cm³/mol. The molecule has 112 valence electrons. The molecular formula is C19H31N. The van der Waals surface area contributed by atoms with Gasteiger partial charge in [-0.1, -0.05) is 6.92 Å². The molecule has 0 spiro atoms. The molecule has 20 heavy (non-hydrogen) atoms. The van der Waals surface area contributed by atoms with E-state index in [-0.39, 0.29) is 0 Å². The van der Waals surface area contributed by atoms with Gasteiger partial charge in [-0.3, -0.25) is 0 Å². The van der Waals surface area contributed by atoms with Crippen LogP contribution in [0.25, 0.3) is 0 Å². The second-order valence-electron chi connectivity index (χ2n) is 8.02. The van der Waals surface area contributed by atoms with E-state index in [1.807, 2.05) is 0 Å². The van der Waals surface area contributed by atoms with Crippen LogP contribution in [0.3, 0.4) is 0 Å². The molecule has 0 aromatic carbocycles. The zero-order valence-electron chi connectivity index (χ0n) is 13.2. The molecule has 0 aliphatic heterocycles. The van der Waals surface area contributed by atoms with Gasteiger partial charge < -0.3 is 5.32 Å². The topological polar surface area (TPSA) is 12.0 Å². The summed E-state index contributed by atoms with van der Waals surface area (Å²) in [5.74, 6) is 6.05. The molecule has 1 N–H and O–H groups in total. The summed E-state index contributed by atoms with van der Waals surface area (Å²) in [5.41, 5.74) is 0.689. The van der Waals surface area contributed by atoms with Crippen molar-refractivity contribution < 1.29 is 0 Å². The molecule has 4 bridgehead atoms. The van der Waals surface area contributed by atoms with Gasteiger partial charge in [0.25, 0.3) is 0 Å². The number of hydrogen-bond acceptors (Lipinski definition) is 1. The minimum absolute atomic E-state index is 0.669. The molecule has 4 saturated carbocycles. The van der Waals surface area contributed by atoms with E-state index in [0.29, 0.717) is 11.5 Å². The van der Waals surface area contributed by atoms with E-state index in [9.17, 15) is 0 Å². The fourth-order valence-corrected chi connectivity index (χ4v) is 5.95. The Morgan fingerprint density at radius 2 is 1.75 bits per heavy atom. The third-order valence-corrected chi connectivity index (χ3v) is 6.16. The van der Waals surface area contributed by atoms with E-state index in [1.54, 1.807) is 19.3 Å². The van der Waals surface area contributed by atoms with Crippen molar-refractivity contribution in [3.05, 3.63) is 0 Å². The van der Waals surface area contributed by atoms with Crippen molar-refractivity contribution in [2.24, 2.45) is 23.2 Å². The molecule has 4 fully saturated rings. The van der Waals surface area contributed by atoms with Crippen LogP contribution in [0.2, 0.25) is 0 Å². The molecule has 1 heteroatoms. The summed E-state index contributed by atoms with van der Waals surface area (Å²) in [7, 11) is 0. The van der Waals surface area contributed by atoms with Gasteiger partial charge in [-0.2, -0.15) is 0 Å². The van der Waals surface area contributed by atoms with E-state index in [2.05, 4.69) is 18.2 Å². The van der Waals surface area contributed by atoms with Crippen LogP contribution < -0.4 is 5.32 Å². The lowest BCUT2D eigenvalue weighted by Crippen LogP contribution is -2.49. The first-order chi connectivity index (χ1) is 9.73. The van der Waals surface area contributed by atoms with E-state index in [0.717, 1.165) is 30.7 Å². The summed E-state index contributed by atoms with van der Waals surface area (Å²) in [6.07, 6.45) is 19.5. The van der Waals surface area contributed by atoms with Gasteiger partial charge in [-0.25, -0.2) is 0 Å². The summed E-state index contributed by atoms with van der Waals surface area (Å²) in [5, 5.41) is 3.78. The van der Waals surface area contributed by atoms with Crippen molar-refractivity contribution in [1.29, 1.82) is 0 Å². The quantitative estimate of drug-likeness (QED) is 0.679. The molecule has 4 aliphatic carbocycles. The fraction of sp³-hybridized carbons (Fsp3) is 0.895. The lowest BCUT2D eigenvalue weighted by Gasteiger charge is -2.57. The molecule has 0 saturated heterocycles. The van der Waals surface area contributed by atoms with Crippen LogP contribution in [-0.2, 0) is 0 Å². The van der Waals surface area contributed by atoms with Crippen LogP contribution >= 0.6 is 0 Å². The first kappa shape index (κ1) is 14.5. The van der Waals surface area contributed by atoms with Gasteiger partial charge >= 0.3 is 0 Å². The van der Waals surface area contributed by atoms with Crippen LogP contribution in [0.5, 0.6) is 0 Å². The van der Waals surface area contributed by atoms with Crippen molar-refractivity contribution in [2.75, 3.05) is 6.54 Å². The van der Waals surface area contributed by atoms with E-state index >= 15 is 0 Å². The average molecular weight is 273 g/mol.